The van der Waals surface area contributed by atoms with Crippen LogP contribution in [-0.2, 0) is 0 Å². The summed E-state index contributed by atoms with van der Waals surface area (Å²) in [4.78, 5) is 10.5. The first-order chi connectivity index (χ1) is 9.00. The Bertz CT molecular complexity index is 436. The molecule has 0 fully saturated rings. The molecule has 0 amide bonds. The van der Waals surface area contributed by atoms with E-state index in [4.69, 9.17) is 5.84 Å². The first-order valence-electron chi connectivity index (χ1n) is 6.54. The lowest BCUT2D eigenvalue weighted by molar-refractivity contribution is -0.384. The van der Waals surface area contributed by atoms with Crippen LogP contribution in [0.5, 0.6) is 0 Å². The van der Waals surface area contributed by atoms with Crippen molar-refractivity contribution in [2.24, 2.45) is 5.84 Å². The Morgan fingerprint density at radius 1 is 1.16 bits per heavy atom. The van der Waals surface area contributed by atoms with Gasteiger partial charge in [-0.2, -0.15) is 0 Å². The molecule has 0 spiro atoms. The molecule has 0 aliphatic heterocycles. The van der Waals surface area contributed by atoms with Crippen LogP contribution in [0.1, 0.15) is 40.0 Å². The summed E-state index contributed by atoms with van der Waals surface area (Å²) in [6.07, 6.45) is 2.86. The third-order valence-corrected chi connectivity index (χ3v) is 3.74. The second kappa shape index (κ2) is 6.38. The van der Waals surface area contributed by atoms with Crippen molar-refractivity contribution < 1.29 is 4.92 Å². The molecule has 0 saturated carbocycles. The third-order valence-electron chi connectivity index (χ3n) is 3.74. The lowest BCUT2D eigenvalue weighted by Gasteiger charge is -2.33. The smallest absolute Gasteiger partial charge is 0.273 e. The standard InChI is InChI=1S/C13H22N4O2/c1-4-13(5-2,6-3)15-10-7-11(16-14)9-12(8-10)17(18)19/h7-9,15-16H,4-6,14H2,1-3H3. The number of benzene rings is 1. The number of nitro groups is 1. The lowest BCUT2D eigenvalue weighted by Crippen LogP contribution is -2.36. The van der Waals surface area contributed by atoms with Gasteiger partial charge in [-0.25, -0.2) is 0 Å². The average molecular weight is 266 g/mol. The summed E-state index contributed by atoms with van der Waals surface area (Å²) >= 11 is 0. The van der Waals surface area contributed by atoms with Crippen LogP contribution in [-0.4, -0.2) is 10.5 Å². The number of hydrogen-bond acceptors (Lipinski definition) is 5. The molecule has 0 aliphatic carbocycles. The van der Waals surface area contributed by atoms with Crippen LogP contribution >= 0.6 is 0 Å². The second-order valence-electron chi connectivity index (χ2n) is 4.64. The van der Waals surface area contributed by atoms with Gasteiger partial charge >= 0.3 is 0 Å². The van der Waals surface area contributed by atoms with Crippen molar-refractivity contribution in [2.75, 3.05) is 10.7 Å². The summed E-state index contributed by atoms with van der Waals surface area (Å²) in [5.41, 5.74) is 3.68. The van der Waals surface area contributed by atoms with E-state index in [-0.39, 0.29) is 11.2 Å². The first-order valence-corrected chi connectivity index (χ1v) is 6.54. The zero-order valence-corrected chi connectivity index (χ0v) is 11.7. The fourth-order valence-corrected chi connectivity index (χ4v) is 2.19. The third kappa shape index (κ3) is 3.57. The number of non-ortho nitro benzene ring substituents is 1. The van der Waals surface area contributed by atoms with Gasteiger partial charge in [0.15, 0.2) is 0 Å². The van der Waals surface area contributed by atoms with E-state index in [2.05, 4.69) is 31.5 Å². The highest BCUT2D eigenvalue weighted by molar-refractivity contribution is 5.63. The van der Waals surface area contributed by atoms with Gasteiger partial charge in [-0.1, -0.05) is 20.8 Å². The van der Waals surface area contributed by atoms with E-state index in [1.54, 1.807) is 6.07 Å². The molecule has 1 rings (SSSR count). The molecule has 0 saturated heterocycles. The minimum atomic E-state index is -0.419. The van der Waals surface area contributed by atoms with Crippen LogP contribution in [0.15, 0.2) is 18.2 Å². The number of hydrazine groups is 1. The van der Waals surface area contributed by atoms with Crippen molar-refractivity contribution in [1.29, 1.82) is 0 Å². The fourth-order valence-electron chi connectivity index (χ4n) is 2.19. The van der Waals surface area contributed by atoms with Crippen molar-refractivity contribution in [3.05, 3.63) is 28.3 Å². The number of hydrogen-bond donors (Lipinski definition) is 3. The van der Waals surface area contributed by atoms with Crippen LogP contribution in [0, 0.1) is 10.1 Å². The van der Waals surface area contributed by atoms with E-state index in [0.29, 0.717) is 11.4 Å². The number of nitro benzene ring substituents is 1. The van der Waals surface area contributed by atoms with E-state index in [9.17, 15) is 10.1 Å². The molecule has 0 bridgehead atoms. The molecule has 0 aromatic heterocycles. The van der Waals surface area contributed by atoms with Crippen molar-refractivity contribution in [2.45, 2.75) is 45.6 Å². The first kappa shape index (κ1) is 15.2. The number of nitrogen functional groups attached to an aromatic ring is 1. The maximum atomic E-state index is 10.9. The van der Waals surface area contributed by atoms with Crippen molar-refractivity contribution in [1.82, 2.24) is 0 Å². The Hall–Kier alpha value is -1.82. The van der Waals surface area contributed by atoms with Gasteiger partial charge in [-0.3, -0.25) is 16.0 Å². The monoisotopic (exact) mass is 266 g/mol. The maximum Gasteiger partial charge on any atom is 0.273 e. The van der Waals surface area contributed by atoms with E-state index in [0.717, 1.165) is 19.3 Å². The highest BCUT2D eigenvalue weighted by atomic mass is 16.6. The van der Waals surface area contributed by atoms with Crippen molar-refractivity contribution >= 4 is 17.1 Å². The van der Waals surface area contributed by atoms with Gasteiger partial charge in [0, 0.05) is 23.4 Å². The predicted molar refractivity (Wildman–Crippen MR) is 78.1 cm³/mol. The topological polar surface area (TPSA) is 93.2 Å². The zero-order valence-electron chi connectivity index (χ0n) is 11.7. The van der Waals surface area contributed by atoms with Gasteiger partial charge in [0.2, 0.25) is 0 Å². The number of rotatable bonds is 7. The molecule has 19 heavy (non-hydrogen) atoms. The molecule has 0 aliphatic rings. The van der Waals surface area contributed by atoms with Crippen LogP contribution < -0.4 is 16.6 Å². The van der Waals surface area contributed by atoms with Crippen LogP contribution in [0.25, 0.3) is 0 Å². The molecule has 1 aromatic rings. The minimum absolute atomic E-state index is 0.0233. The Labute approximate surface area is 113 Å². The highest BCUT2D eigenvalue weighted by Crippen LogP contribution is 2.30. The normalized spacial score (nSPS) is 11.2. The molecule has 0 heterocycles. The van der Waals surface area contributed by atoms with Gasteiger partial charge in [0.1, 0.15) is 0 Å². The van der Waals surface area contributed by atoms with Gasteiger partial charge in [-0.05, 0) is 25.3 Å². The Morgan fingerprint density at radius 3 is 2.11 bits per heavy atom. The minimum Gasteiger partial charge on any atom is -0.379 e. The Morgan fingerprint density at radius 2 is 1.68 bits per heavy atom. The van der Waals surface area contributed by atoms with Gasteiger partial charge in [0.05, 0.1) is 10.6 Å². The summed E-state index contributed by atoms with van der Waals surface area (Å²) in [6.45, 7) is 6.33. The van der Waals surface area contributed by atoms with Crippen LogP contribution in [0.4, 0.5) is 17.1 Å². The summed E-state index contributed by atoms with van der Waals surface area (Å²) in [6, 6.07) is 4.73. The molecule has 0 unspecified atom stereocenters. The summed E-state index contributed by atoms with van der Waals surface area (Å²) in [5.74, 6) is 5.35. The fraction of sp³-hybridized carbons (Fsp3) is 0.538. The van der Waals surface area contributed by atoms with Gasteiger partial charge in [0.25, 0.3) is 5.69 Å². The van der Waals surface area contributed by atoms with Gasteiger partial charge < -0.3 is 10.7 Å². The number of anilines is 2. The average Bonchev–Trinajstić information content (AvgIpc) is 2.44. The SMILES string of the molecule is CCC(CC)(CC)Nc1cc(NN)cc([N+](=O)[O-])c1. The molecule has 4 N–H and O–H groups in total. The quantitative estimate of drug-likeness (QED) is 0.400. The zero-order chi connectivity index (χ0) is 14.5. The Kier molecular flexibility index (Phi) is 5.11. The van der Waals surface area contributed by atoms with Crippen LogP contribution in [0.2, 0.25) is 0 Å². The Balaban J connectivity index is 3.12. The molecule has 6 nitrogen and oxygen atoms in total. The maximum absolute atomic E-state index is 10.9. The predicted octanol–water partition coefficient (Wildman–Crippen LogP) is 3.26. The molecule has 0 atom stereocenters. The number of nitrogens with one attached hydrogen (secondary N) is 2. The van der Waals surface area contributed by atoms with E-state index in [1.807, 2.05) is 0 Å². The molecule has 0 radical (unpaired) electrons. The highest BCUT2D eigenvalue weighted by Gasteiger charge is 2.24. The van der Waals surface area contributed by atoms with Crippen molar-refractivity contribution in [3.8, 4) is 0 Å². The van der Waals surface area contributed by atoms with Crippen molar-refractivity contribution in [3.63, 3.8) is 0 Å². The van der Waals surface area contributed by atoms with E-state index in [1.165, 1.54) is 12.1 Å². The summed E-state index contributed by atoms with van der Waals surface area (Å²) in [5, 5.41) is 14.3. The molecular weight excluding hydrogens is 244 g/mol. The number of nitrogens with zero attached hydrogens (tertiary/aromatic N) is 1. The summed E-state index contributed by atoms with van der Waals surface area (Å²) < 4.78 is 0. The van der Waals surface area contributed by atoms with Crippen LogP contribution in [0.3, 0.4) is 0 Å². The summed E-state index contributed by atoms with van der Waals surface area (Å²) in [7, 11) is 0. The molecule has 6 heteroatoms. The van der Waals surface area contributed by atoms with E-state index < -0.39 is 4.92 Å². The van der Waals surface area contributed by atoms with Gasteiger partial charge in [-0.15, -0.1) is 0 Å². The molecule has 106 valence electrons. The second-order valence-corrected chi connectivity index (χ2v) is 4.64. The molecular formula is C13H22N4O2. The van der Waals surface area contributed by atoms with E-state index >= 15 is 0 Å². The molecule has 1 aromatic carbocycles. The number of nitrogens with two attached hydrogens (primary N) is 1. The largest absolute Gasteiger partial charge is 0.379 e. The lowest BCUT2D eigenvalue weighted by atomic mass is 9.89.